The largest absolute Gasteiger partial charge is 0.416 e. The number of halogens is 3. The Morgan fingerprint density at radius 1 is 1.16 bits per heavy atom. The summed E-state index contributed by atoms with van der Waals surface area (Å²) in [6, 6.07) is 2.53. The molecule has 0 bridgehead atoms. The normalized spacial score (nSPS) is 20.2. The Hall–Kier alpha value is -2.85. The lowest BCUT2D eigenvalue weighted by molar-refractivity contribution is -0.384. The molecule has 1 N–H and O–H groups in total. The molecule has 2 aliphatic heterocycles. The summed E-state index contributed by atoms with van der Waals surface area (Å²) >= 11 is 0. The highest BCUT2D eigenvalue weighted by molar-refractivity contribution is 5.82. The lowest BCUT2D eigenvalue weighted by atomic mass is 9.91. The van der Waals surface area contributed by atoms with Crippen molar-refractivity contribution in [2.75, 3.05) is 37.6 Å². The molecule has 8 nitrogen and oxygen atoms in total. The van der Waals surface area contributed by atoms with Gasteiger partial charge in [0.1, 0.15) is 5.69 Å². The van der Waals surface area contributed by atoms with Gasteiger partial charge in [0.2, 0.25) is 11.8 Å². The van der Waals surface area contributed by atoms with Crippen molar-refractivity contribution >= 4 is 23.2 Å². The summed E-state index contributed by atoms with van der Waals surface area (Å²) in [5, 5.41) is 14.2. The molecule has 2 saturated heterocycles. The number of nitro benzene ring substituents is 1. The standard InChI is InChI=1S/C21H27F3N4O4/c1-2-25-19(29)15-4-3-9-27(13-15)20(30)14-7-10-26(11-8-14)17-6-5-16(21(22,23)24)12-18(17)28(31)32/h5-6,12,14-15H,2-4,7-11,13H2,1H3,(H,25,29). The highest BCUT2D eigenvalue weighted by Crippen LogP contribution is 2.38. The van der Waals surface area contributed by atoms with Gasteiger partial charge in [0, 0.05) is 44.7 Å². The van der Waals surface area contributed by atoms with E-state index in [1.165, 1.54) is 0 Å². The number of alkyl halides is 3. The van der Waals surface area contributed by atoms with Crippen LogP contribution >= 0.6 is 0 Å². The molecular weight excluding hydrogens is 429 g/mol. The summed E-state index contributed by atoms with van der Waals surface area (Å²) in [6.45, 7) is 4.03. The number of anilines is 1. The molecule has 11 heteroatoms. The van der Waals surface area contributed by atoms with Crippen molar-refractivity contribution in [3.63, 3.8) is 0 Å². The van der Waals surface area contributed by atoms with Gasteiger partial charge in [-0.15, -0.1) is 0 Å². The molecule has 32 heavy (non-hydrogen) atoms. The average Bonchev–Trinajstić information content (AvgIpc) is 2.78. The van der Waals surface area contributed by atoms with E-state index in [1.807, 2.05) is 6.92 Å². The van der Waals surface area contributed by atoms with Crippen LogP contribution in [0.4, 0.5) is 24.5 Å². The smallest absolute Gasteiger partial charge is 0.366 e. The van der Waals surface area contributed by atoms with E-state index >= 15 is 0 Å². The Balaban J connectivity index is 1.64. The number of carbonyl (C=O) groups excluding carboxylic acids is 2. The fourth-order valence-electron chi connectivity index (χ4n) is 4.45. The van der Waals surface area contributed by atoms with Gasteiger partial charge in [-0.1, -0.05) is 0 Å². The predicted octanol–water partition coefficient (Wildman–Crippen LogP) is 3.20. The Kier molecular flexibility index (Phi) is 7.25. The Labute approximate surface area is 183 Å². The Morgan fingerprint density at radius 2 is 1.84 bits per heavy atom. The summed E-state index contributed by atoms with van der Waals surface area (Å²) in [6.07, 6.45) is -2.28. The Bertz CT molecular complexity index is 869. The van der Waals surface area contributed by atoms with Crippen molar-refractivity contribution in [2.45, 2.75) is 38.8 Å². The first-order valence-electron chi connectivity index (χ1n) is 10.8. The second-order valence-electron chi connectivity index (χ2n) is 8.24. The van der Waals surface area contributed by atoms with Crippen molar-refractivity contribution in [1.29, 1.82) is 0 Å². The minimum Gasteiger partial charge on any atom is -0.366 e. The van der Waals surface area contributed by atoms with Gasteiger partial charge in [0.25, 0.3) is 5.69 Å². The number of nitro groups is 1. The van der Waals surface area contributed by atoms with E-state index < -0.39 is 22.4 Å². The average molecular weight is 456 g/mol. The summed E-state index contributed by atoms with van der Waals surface area (Å²) in [5.74, 6) is -0.565. The van der Waals surface area contributed by atoms with Crippen LogP contribution in [0.25, 0.3) is 0 Å². The SMILES string of the molecule is CCNC(=O)C1CCCN(C(=O)C2CCN(c3ccc(C(F)(F)F)cc3[N+](=O)[O-])CC2)C1. The number of likely N-dealkylation sites (tertiary alicyclic amines) is 1. The number of nitrogens with one attached hydrogen (secondary N) is 1. The summed E-state index contributed by atoms with van der Waals surface area (Å²) < 4.78 is 38.8. The van der Waals surface area contributed by atoms with Crippen molar-refractivity contribution in [2.24, 2.45) is 11.8 Å². The van der Waals surface area contributed by atoms with E-state index in [9.17, 15) is 32.9 Å². The maximum Gasteiger partial charge on any atom is 0.416 e. The molecule has 1 aromatic carbocycles. The van der Waals surface area contributed by atoms with Crippen LogP contribution in [0.1, 0.15) is 38.2 Å². The lowest BCUT2D eigenvalue weighted by Crippen LogP contribution is -2.49. The van der Waals surface area contributed by atoms with Crippen molar-refractivity contribution < 1.29 is 27.7 Å². The number of rotatable bonds is 5. The fourth-order valence-corrected chi connectivity index (χ4v) is 4.45. The second kappa shape index (κ2) is 9.74. The molecule has 176 valence electrons. The predicted molar refractivity (Wildman–Crippen MR) is 111 cm³/mol. The molecule has 0 aromatic heterocycles. The topological polar surface area (TPSA) is 95.8 Å². The quantitative estimate of drug-likeness (QED) is 0.542. The molecule has 0 spiro atoms. The van der Waals surface area contributed by atoms with Crippen LogP contribution in [0.2, 0.25) is 0 Å². The summed E-state index contributed by atoms with van der Waals surface area (Å²) in [5.41, 5.74) is -1.53. The van der Waals surface area contributed by atoms with Gasteiger partial charge in [-0.3, -0.25) is 19.7 Å². The molecule has 2 amide bonds. The zero-order valence-corrected chi connectivity index (χ0v) is 17.9. The maximum atomic E-state index is 13.0. The Morgan fingerprint density at radius 3 is 2.44 bits per heavy atom. The first-order chi connectivity index (χ1) is 15.1. The van der Waals surface area contributed by atoms with Gasteiger partial charge in [0.15, 0.2) is 0 Å². The minimum absolute atomic E-state index is 0.0273. The van der Waals surface area contributed by atoms with E-state index in [4.69, 9.17) is 0 Å². The van der Waals surface area contributed by atoms with Crippen LogP contribution in [0.3, 0.4) is 0 Å². The molecule has 1 unspecified atom stereocenters. The van der Waals surface area contributed by atoms with Gasteiger partial charge < -0.3 is 15.1 Å². The molecule has 0 saturated carbocycles. The first kappa shape index (κ1) is 23.8. The van der Waals surface area contributed by atoms with Gasteiger partial charge in [-0.25, -0.2) is 0 Å². The molecule has 0 aliphatic carbocycles. The molecule has 2 aliphatic rings. The van der Waals surface area contributed by atoms with Gasteiger partial charge in [-0.05, 0) is 44.7 Å². The van der Waals surface area contributed by atoms with Crippen LogP contribution < -0.4 is 10.2 Å². The van der Waals surface area contributed by atoms with Crippen molar-refractivity contribution in [1.82, 2.24) is 10.2 Å². The second-order valence-corrected chi connectivity index (χ2v) is 8.24. The number of hydrogen-bond donors (Lipinski definition) is 1. The third-order valence-corrected chi connectivity index (χ3v) is 6.14. The number of amides is 2. The number of benzene rings is 1. The molecule has 2 fully saturated rings. The third kappa shape index (κ3) is 5.31. The molecular formula is C21H27F3N4O4. The zero-order chi connectivity index (χ0) is 23.5. The van der Waals surface area contributed by atoms with Crippen LogP contribution in [0, 0.1) is 22.0 Å². The fraction of sp³-hybridized carbons (Fsp3) is 0.619. The van der Waals surface area contributed by atoms with Crippen LogP contribution in [-0.2, 0) is 15.8 Å². The highest BCUT2D eigenvalue weighted by Gasteiger charge is 2.36. The monoisotopic (exact) mass is 456 g/mol. The maximum absolute atomic E-state index is 13.0. The van der Waals surface area contributed by atoms with E-state index in [1.54, 1.807) is 9.80 Å². The number of carbonyl (C=O) groups is 2. The molecule has 1 atom stereocenters. The lowest BCUT2D eigenvalue weighted by Gasteiger charge is -2.38. The van der Waals surface area contributed by atoms with Crippen LogP contribution in [0.15, 0.2) is 18.2 Å². The zero-order valence-electron chi connectivity index (χ0n) is 17.9. The van der Waals surface area contributed by atoms with Crippen molar-refractivity contribution in [3.8, 4) is 0 Å². The van der Waals surface area contributed by atoms with Crippen LogP contribution in [-0.4, -0.2) is 54.4 Å². The van der Waals surface area contributed by atoms with E-state index in [0.717, 1.165) is 25.0 Å². The molecule has 2 heterocycles. The minimum atomic E-state index is -4.66. The summed E-state index contributed by atoms with van der Waals surface area (Å²) in [4.78, 5) is 39.1. The number of hydrogen-bond acceptors (Lipinski definition) is 5. The van der Waals surface area contributed by atoms with Gasteiger partial charge in [0.05, 0.1) is 16.4 Å². The molecule has 1 aromatic rings. The van der Waals surface area contributed by atoms with Gasteiger partial charge >= 0.3 is 6.18 Å². The van der Waals surface area contributed by atoms with Crippen molar-refractivity contribution in [3.05, 3.63) is 33.9 Å². The number of piperidine rings is 2. The summed E-state index contributed by atoms with van der Waals surface area (Å²) in [7, 11) is 0. The molecule has 0 radical (unpaired) electrons. The number of nitrogens with zero attached hydrogens (tertiary/aromatic N) is 3. The molecule has 3 rings (SSSR count). The highest BCUT2D eigenvalue weighted by atomic mass is 19.4. The van der Waals surface area contributed by atoms with E-state index in [0.29, 0.717) is 51.6 Å². The van der Waals surface area contributed by atoms with Gasteiger partial charge in [-0.2, -0.15) is 13.2 Å². The van der Waals surface area contributed by atoms with E-state index in [2.05, 4.69) is 5.32 Å². The van der Waals surface area contributed by atoms with Crippen LogP contribution in [0.5, 0.6) is 0 Å². The van der Waals surface area contributed by atoms with E-state index in [-0.39, 0.29) is 29.3 Å². The third-order valence-electron chi connectivity index (χ3n) is 6.14. The first-order valence-corrected chi connectivity index (χ1v) is 10.8.